The van der Waals surface area contributed by atoms with Crippen LogP contribution < -0.4 is 0 Å². The van der Waals surface area contributed by atoms with Crippen LogP contribution in [-0.4, -0.2) is 21.0 Å². The van der Waals surface area contributed by atoms with Gasteiger partial charge >= 0.3 is 0 Å². The number of hydrogen-bond acceptors (Lipinski definition) is 6. The van der Waals surface area contributed by atoms with E-state index in [1.807, 2.05) is 6.07 Å². The van der Waals surface area contributed by atoms with Crippen LogP contribution in [0, 0.1) is 0 Å². The van der Waals surface area contributed by atoms with E-state index in [2.05, 4.69) is 0 Å². The van der Waals surface area contributed by atoms with Crippen molar-refractivity contribution in [3.05, 3.63) is 29.1 Å². The van der Waals surface area contributed by atoms with Crippen molar-refractivity contribution < 1.29 is 13.2 Å². The minimum absolute atomic E-state index is 0.368. The van der Waals surface area contributed by atoms with Crippen LogP contribution in [0.15, 0.2) is 36.9 Å². The topological polar surface area (TPSA) is 51.2 Å². The molecule has 17 heavy (non-hydrogen) atoms. The maximum absolute atomic E-state index is 11.3. The third kappa shape index (κ3) is 3.19. The molecule has 0 bridgehead atoms. The Morgan fingerprint density at radius 3 is 2.29 bits per heavy atom. The van der Waals surface area contributed by atoms with Crippen molar-refractivity contribution in [2.45, 2.75) is 12.6 Å². The summed E-state index contributed by atoms with van der Waals surface area (Å²) >= 11 is 4.12. The Bertz CT molecular complexity index is 636. The first kappa shape index (κ1) is 12.8. The summed E-state index contributed by atoms with van der Waals surface area (Å²) in [6.45, 7) is 0. The van der Waals surface area contributed by atoms with Gasteiger partial charge in [-0.3, -0.25) is 4.79 Å². The second-order valence-electron chi connectivity index (χ2n) is 3.22. The van der Waals surface area contributed by atoms with Crippen LogP contribution in [0.3, 0.4) is 0 Å². The smallest absolute Gasteiger partial charge is 0.184 e. The van der Waals surface area contributed by atoms with E-state index < -0.39 is 9.84 Å². The Kier molecular flexibility index (Phi) is 3.72. The van der Waals surface area contributed by atoms with E-state index >= 15 is 0 Å². The molecule has 2 rings (SSSR count). The molecule has 0 saturated heterocycles. The fourth-order valence-electron chi connectivity index (χ4n) is 1.11. The molecule has 90 valence electrons. The molecule has 2 aromatic heterocycles. The van der Waals surface area contributed by atoms with Gasteiger partial charge in [0, 0.05) is 6.26 Å². The summed E-state index contributed by atoms with van der Waals surface area (Å²) in [6, 6.07) is 7.01. The second-order valence-corrected chi connectivity index (χ2v) is 9.26. The first-order valence-corrected chi connectivity index (χ1v) is 8.86. The maximum Gasteiger partial charge on any atom is 0.184 e. The number of carbonyl (C=O) groups is 1. The molecule has 0 fully saturated rings. The van der Waals surface area contributed by atoms with Gasteiger partial charge in [0.25, 0.3) is 0 Å². The van der Waals surface area contributed by atoms with Gasteiger partial charge in [0.05, 0.1) is 13.3 Å². The normalized spacial score (nSPS) is 11.6. The standard InChI is InChI=1S/C10H8O3S4/c1-17(12,13)10-5-4-9(16-10)15-8-3-2-7(6-11)14-8/h2-6H,1H3. The fourth-order valence-corrected chi connectivity index (χ4v) is 5.54. The summed E-state index contributed by atoms with van der Waals surface area (Å²) in [7, 11) is -3.12. The van der Waals surface area contributed by atoms with Gasteiger partial charge in [-0.1, -0.05) is 11.8 Å². The van der Waals surface area contributed by atoms with E-state index in [9.17, 15) is 13.2 Å². The Labute approximate surface area is 111 Å². The fraction of sp³-hybridized carbons (Fsp3) is 0.100. The molecule has 7 heteroatoms. The number of rotatable bonds is 4. The van der Waals surface area contributed by atoms with Crippen molar-refractivity contribution in [1.82, 2.24) is 0 Å². The SMILES string of the molecule is CS(=O)(=O)c1ccc(Sc2ccc(C=O)s2)s1. The molecule has 0 aliphatic heterocycles. The van der Waals surface area contributed by atoms with Crippen LogP contribution >= 0.6 is 34.4 Å². The number of aldehydes is 1. The Balaban J connectivity index is 2.19. The first-order chi connectivity index (χ1) is 7.99. The van der Waals surface area contributed by atoms with Gasteiger partial charge in [-0.15, -0.1) is 22.7 Å². The van der Waals surface area contributed by atoms with E-state index in [0.717, 1.165) is 14.7 Å². The van der Waals surface area contributed by atoms with Gasteiger partial charge in [0.1, 0.15) is 4.21 Å². The highest BCUT2D eigenvalue weighted by Gasteiger charge is 2.11. The zero-order chi connectivity index (χ0) is 12.5. The molecule has 0 aromatic carbocycles. The first-order valence-electron chi connectivity index (χ1n) is 4.52. The Morgan fingerprint density at radius 2 is 1.76 bits per heavy atom. The molecule has 0 radical (unpaired) electrons. The summed E-state index contributed by atoms with van der Waals surface area (Å²) in [5.41, 5.74) is 0. The predicted molar refractivity (Wildman–Crippen MR) is 71.3 cm³/mol. The minimum atomic E-state index is -3.12. The highest BCUT2D eigenvalue weighted by atomic mass is 32.2. The summed E-state index contributed by atoms with van der Waals surface area (Å²) < 4.78 is 24.9. The molecular formula is C10H8O3S4. The lowest BCUT2D eigenvalue weighted by molar-refractivity contribution is 0.112. The summed E-state index contributed by atoms with van der Waals surface area (Å²) in [5, 5.41) is 0. The average molecular weight is 304 g/mol. The van der Waals surface area contributed by atoms with Crippen molar-refractivity contribution >= 4 is 50.6 Å². The Hall–Kier alpha value is -0.630. The molecule has 3 nitrogen and oxygen atoms in total. The van der Waals surface area contributed by atoms with Gasteiger partial charge in [-0.25, -0.2) is 8.42 Å². The highest BCUT2D eigenvalue weighted by Crippen LogP contribution is 2.38. The Morgan fingerprint density at radius 1 is 1.12 bits per heavy atom. The molecule has 0 aliphatic rings. The molecule has 2 aromatic rings. The van der Waals surface area contributed by atoms with E-state index in [1.165, 1.54) is 40.7 Å². The average Bonchev–Trinajstić information content (AvgIpc) is 2.86. The molecule has 0 saturated carbocycles. The lowest BCUT2D eigenvalue weighted by Gasteiger charge is -1.92. The van der Waals surface area contributed by atoms with Crippen molar-refractivity contribution in [3.8, 4) is 0 Å². The number of sulfone groups is 1. The predicted octanol–water partition coefficient (Wildman–Crippen LogP) is 3.18. The second kappa shape index (κ2) is 4.93. The molecule has 0 unspecified atom stereocenters. The van der Waals surface area contributed by atoms with Crippen molar-refractivity contribution in [1.29, 1.82) is 0 Å². The molecule has 0 atom stereocenters. The number of carbonyl (C=O) groups excluding carboxylic acids is 1. The van der Waals surface area contributed by atoms with E-state index in [-0.39, 0.29) is 0 Å². The molecular weight excluding hydrogens is 296 g/mol. The van der Waals surface area contributed by atoms with Crippen LogP contribution in [0.4, 0.5) is 0 Å². The maximum atomic E-state index is 11.3. The van der Waals surface area contributed by atoms with Crippen LogP contribution in [-0.2, 0) is 9.84 Å². The minimum Gasteiger partial charge on any atom is -0.297 e. The van der Waals surface area contributed by atoms with E-state index in [4.69, 9.17) is 0 Å². The zero-order valence-corrected chi connectivity index (χ0v) is 12.0. The number of thiophene rings is 2. The van der Waals surface area contributed by atoms with Gasteiger partial charge in [0.2, 0.25) is 0 Å². The van der Waals surface area contributed by atoms with Crippen LogP contribution in [0.2, 0.25) is 0 Å². The quantitative estimate of drug-likeness (QED) is 0.814. The van der Waals surface area contributed by atoms with Gasteiger partial charge in [-0.2, -0.15) is 0 Å². The summed E-state index contributed by atoms with van der Waals surface area (Å²) in [6.07, 6.45) is 2.01. The summed E-state index contributed by atoms with van der Waals surface area (Å²) in [5.74, 6) is 0. The highest BCUT2D eigenvalue weighted by molar-refractivity contribution is 8.03. The third-order valence-corrected chi connectivity index (χ3v) is 7.02. The molecule has 0 N–H and O–H groups in total. The molecule has 0 aliphatic carbocycles. The van der Waals surface area contributed by atoms with E-state index in [0.29, 0.717) is 9.09 Å². The van der Waals surface area contributed by atoms with Crippen molar-refractivity contribution in [2.24, 2.45) is 0 Å². The van der Waals surface area contributed by atoms with E-state index in [1.54, 1.807) is 18.2 Å². The lowest BCUT2D eigenvalue weighted by Crippen LogP contribution is -1.91. The van der Waals surface area contributed by atoms with Crippen LogP contribution in [0.1, 0.15) is 9.67 Å². The van der Waals surface area contributed by atoms with Gasteiger partial charge < -0.3 is 0 Å². The molecule has 0 spiro atoms. The van der Waals surface area contributed by atoms with Crippen molar-refractivity contribution in [2.75, 3.05) is 6.26 Å². The monoisotopic (exact) mass is 304 g/mol. The lowest BCUT2D eigenvalue weighted by atomic mass is 10.5. The zero-order valence-electron chi connectivity index (χ0n) is 8.74. The number of hydrogen-bond donors (Lipinski definition) is 0. The van der Waals surface area contributed by atoms with Gasteiger partial charge in [-0.05, 0) is 24.3 Å². The van der Waals surface area contributed by atoms with Gasteiger partial charge in [0.15, 0.2) is 16.1 Å². The van der Waals surface area contributed by atoms with Crippen LogP contribution in [0.5, 0.6) is 0 Å². The largest absolute Gasteiger partial charge is 0.297 e. The molecule has 0 amide bonds. The summed E-state index contributed by atoms with van der Waals surface area (Å²) in [4.78, 5) is 11.2. The van der Waals surface area contributed by atoms with Crippen molar-refractivity contribution in [3.63, 3.8) is 0 Å². The van der Waals surface area contributed by atoms with Crippen LogP contribution in [0.25, 0.3) is 0 Å². The third-order valence-electron chi connectivity index (χ3n) is 1.84. The molecule has 2 heterocycles.